The highest BCUT2D eigenvalue weighted by Crippen LogP contribution is 2.23. The summed E-state index contributed by atoms with van der Waals surface area (Å²) in [7, 11) is 1.81. The topological polar surface area (TPSA) is 32.8 Å². The van der Waals surface area contributed by atoms with Crippen LogP contribution in [0.3, 0.4) is 0 Å². The number of carbonyl (C=O) groups excluding carboxylic acids is 1. The number of likely N-dealkylation sites (tertiary alicyclic amines) is 2. The Balaban J connectivity index is 1.48. The Kier molecular flexibility index (Phi) is 5.34. The first kappa shape index (κ1) is 16.5. The van der Waals surface area contributed by atoms with Crippen molar-refractivity contribution in [2.45, 2.75) is 44.8 Å². The normalized spacial score (nSPS) is 23.4. The molecule has 1 unspecified atom stereocenters. The third kappa shape index (κ3) is 4.12. The van der Waals surface area contributed by atoms with Crippen LogP contribution in [0.5, 0.6) is 0 Å². The number of aryl methyl sites for hydroxylation is 1. The molecule has 0 saturated carbocycles. The highest BCUT2D eigenvalue weighted by molar-refractivity contribution is 5.78. The highest BCUT2D eigenvalue weighted by atomic mass is 16.5. The summed E-state index contributed by atoms with van der Waals surface area (Å²) in [6.07, 6.45) is 4.26. The van der Waals surface area contributed by atoms with Gasteiger partial charge in [-0.05, 0) is 31.7 Å². The summed E-state index contributed by atoms with van der Waals surface area (Å²) in [5, 5.41) is 0. The van der Waals surface area contributed by atoms with E-state index < -0.39 is 0 Å². The molecule has 23 heavy (non-hydrogen) atoms. The lowest BCUT2D eigenvalue weighted by Crippen LogP contribution is -2.46. The Bertz CT molecular complexity index is 538. The van der Waals surface area contributed by atoms with Crippen molar-refractivity contribution in [1.29, 1.82) is 0 Å². The van der Waals surface area contributed by atoms with Gasteiger partial charge < -0.3 is 9.64 Å². The molecule has 0 aromatic heterocycles. The third-order valence-electron chi connectivity index (χ3n) is 5.28. The van der Waals surface area contributed by atoms with Gasteiger partial charge in [0.25, 0.3) is 0 Å². The van der Waals surface area contributed by atoms with Crippen molar-refractivity contribution in [2.24, 2.45) is 0 Å². The number of ether oxygens (including phenoxy) is 1. The van der Waals surface area contributed by atoms with Crippen molar-refractivity contribution < 1.29 is 9.53 Å². The van der Waals surface area contributed by atoms with Gasteiger partial charge in [0.15, 0.2) is 0 Å². The zero-order valence-corrected chi connectivity index (χ0v) is 14.3. The van der Waals surface area contributed by atoms with E-state index in [4.69, 9.17) is 4.74 Å². The molecule has 0 aliphatic carbocycles. The van der Waals surface area contributed by atoms with Gasteiger partial charge in [-0.15, -0.1) is 0 Å². The highest BCUT2D eigenvalue weighted by Gasteiger charge is 2.31. The zero-order valence-electron chi connectivity index (χ0n) is 14.3. The van der Waals surface area contributed by atoms with Gasteiger partial charge in [-0.3, -0.25) is 9.69 Å². The molecule has 4 nitrogen and oxygen atoms in total. The molecule has 2 fully saturated rings. The van der Waals surface area contributed by atoms with Crippen molar-refractivity contribution in [3.8, 4) is 0 Å². The maximum atomic E-state index is 12.5. The van der Waals surface area contributed by atoms with E-state index >= 15 is 0 Å². The fourth-order valence-corrected chi connectivity index (χ4v) is 3.87. The zero-order chi connectivity index (χ0) is 16.2. The number of nitrogens with zero attached hydrogens (tertiary/aromatic N) is 2. The van der Waals surface area contributed by atoms with Crippen LogP contribution in [-0.2, 0) is 16.0 Å². The maximum Gasteiger partial charge on any atom is 0.226 e. The predicted octanol–water partition coefficient (Wildman–Crippen LogP) is 2.25. The molecule has 126 valence electrons. The van der Waals surface area contributed by atoms with Crippen LogP contribution in [0, 0.1) is 6.92 Å². The van der Waals surface area contributed by atoms with Gasteiger partial charge in [-0.1, -0.05) is 29.8 Å². The predicted molar refractivity (Wildman–Crippen MR) is 91.5 cm³/mol. The van der Waals surface area contributed by atoms with E-state index in [-0.39, 0.29) is 5.91 Å². The second kappa shape index (κ2) is 7.45. The summed E-state index contributed by atoms with van der Waals surface area (Å²) >= 11 is 0. The van der Waals surface area contributed by atoms with E-state index in [1.54, 1.807) is 7.11 Å². The molecule has 0 N–H and O–H groups in total. The number of benzene rings is 1. The Hall–Kier alpha value is -1.39. The largest absolute Gasteiger partial charge is 0.380 e. The van der Waals surface area contributed by atoms with Gasteiger partial charge in [0, 0.05) is 39.3 Å². The number of hydrogen-bond acceptors (Lipinski definition) is 3. The molecule has 0 spiro atoms. The molecule has 1 aromatic rings. The van der Waals surface area contributed by atoms with Crippen LogP contribution in [0.2, 0.25) is 0 Å². The Morgan fingerprint density at radius 2 is 2.00 bits per heavy atom. The first-order valence-corrected chi connectivity index (χ1v) is 8.76. The Morgan fingerprint density at radius 3 is 2.65 bits per heavy atom. The minimum atomic E-state index is 0.269. The van der Waals surface area contributed by atoms with Crippen molar-refractivity contribution in [3.05, 3.63) is 35.4 Å². The molecular formula is C19H28N2O2. The number of amides is 1. The standard InChI is InChI=1S/C19H28N2O2/c1-15-4-3-5-16(12-15)13-19(22)20-9-6-17(7-10-20)21-11-8-18(14-21)23-2/h3-5,12,17-18H,6-11,13-14H2,1-2H3. The van der Waals surface area contributed by atoms with Gasteiger partial charge in [-0.25, -0.2) is 0 Å². The molecule has 2 heterocycles. The monoisotopic (exact) mass is 316 g/mol. The Morgan fingerprint density at radius 1 is 1.22 bits per heavy atom. The molecule has 2 saturated heterocycles. The number of carbonyl (C=O) groups is 1. The van der Waals surface area contributed by atoms with E-state index in [1.165, 1.54) is 5.56 Å². The summed E-state index contributed by atoms with van der Waals surface area (Å²) in [6, 6.07) is 8.89. The molecule has 1 atom stereocenters. The van der Waals surface area contributed by atoms with Crippen LogP contribution in [0.1, 0.15) is 30.4 Å². The lowest BCUT2D eigenvalue weighted by Gasteiger charge is -2.36. The molecule has 3 rings (SSSR count). The van der Waals surface area contributed by atoms with E-state index in [0.717, 1.165) is 51.0 Å². The first-order valence-electron chi connectivity index (χ1n) is 8.76. The molecular weight excluding hydrogens is 288 g/mol. The van der Waals surface area contributed by atoms with Crippen LogP contribution < -0.4 is 0 Å². The summed E-state index contributed by atoms with van der Waals surface area (Å²) < 4.78 is 5.46. The summed E-state index contributed by atoms with van der Waals surface area (Å²) in [5.74, 6) is 0.269. The van der Waals surface area contributed by atoms with Crippen molar-refractivity contribution in [1.82, 2.24) is 9.80 Å². The van der Waals surface area contributed by atoms with E-state index in [9.17, 15) is 4.79 Å². The minimum absolute atomic E-state index is 0.269. The van der Waals surface area contributed by atoms with Crippen LogP contribution in [0.15, 0.2) is 24.3 Å². The molecule has 1 amide bonds. The summed E-state index contributed by atoms with van der Waals surface area (Å²) in [4.78, 5) is 17.1. The summed E-state index contributed by atoms with van der Waals surface area (Å²) in [6.45, 7) is 6.05. The molecule has 2 aliphatic rings. The second-order valence-electron chi connectivity index (χ2n) is 6.92. The molecule has 4 heteroatoms. The van der Waals surface area contributed by atoms with E-state index in [2.05, 4.69) is 24.0 Å². The van der Waals surface area contributed by atoms with E-state index in [0.29, 0.717) is 18.6 Å². The molecule has 0 bridgehead atoms. The number of rotatable bonds is 4. The van der Waals surface area contributed by atoms with Crippen molar-refractivity contribution in [3.63, 3.8) is 0 Å². The van der Waals surface area contributed by atoms with Gasteiger partial charge in [0.1, 0.15) is 0 Å². The smallest absolute Gasteiger partial charge is 0.226 e. The van der Waals surface area contributed by atoms with Crippen LogP contribution in [-0.4, -0.2) is 61.1 Å². The Labute approximate surface area is 139 Å². The van der Waals surface area contributed by atoms with Crippen LogP contribution in [0.25, 0.3) is 0 Å². The van der Waals surface area contributed by atoms with Gasteiger partial charge in [0.2, 0.25) is 5.91 Å². The van der Waals surface area contributed by atoms with Crippen LogP contribution in [0.4, 0.5) is 0 Å². The fraction of sp³-hybridized carbons (Fsp3) is 0.632. The molecule has 0 radical (unpaired) electrons. The van der Waals surface area contributed by atoms with Gasteiger partial charge >= 0.3 is 0 Å². The number of hydrogen-bond donors (Lipinski definition) is 0. The quantitative estimate of drug-likeness (QED) is 0.854. The second-order valence-corrected chi connectivity index (χ2v) is 6.92. The number of methoxy groups -OCH3 is 1. The van der Waals surface area contributed by atoms with Crippen molar-refractivity contribution in [2.75, 3.05) is 33.3 Å². The molecule has 2 aliphatic heterocycles. The van der Waals surface area contributed by atoms with E-state index in [1.807, 2.05) is 17.0 Å². The average Bonchev–Trinajstić information content (AvgIpc) is 3.04. The third-order valence-corrected chi connectivity index (χ3v) is 5.28. The minimum Gasteiger partial charge on any atom is -0.380 e. The average molecular weight is 316 g/mol. The van der Waals surface area contributed by atoms with Crippen molar-refractivity contribution >= 4 is 5.91 Å². The SMILES string of the molecule is COC1CCN(C2CCN(C(=O)Cc3cccc(C)c3)CC2)C1. The molecule has 1 aromatic carbocycles. The lowest BCUT2D eigenvalue weighted by atomic mass is 10.0. The number of piperidine rings is 1. The van der Waals surface area contributed by atoms with Crippen LogP contribution >= 0.6 is 0 Å². The first-order chi connectivity index (χ1) is 11.2. The lowest BCUT2D eigenvalue weighted by molar-refractivity contribution is -0.132. The fourth-order valence-electron chi connectivity index (χ4n) is 3.87. The van der Waals surface area contributed by atoms with Gasteiger partial charge in [-0.2, -0.15) is 0 Å². The maximum absolute atomic E-state index is 12.5. The van der Waals surface area contributed by atoms with Gasteiger partial charge in [0.05, 0.1) is 12.5 Å². The summed E-state index contributed by atoms with van der Waals surface area (Å²) in [5.41, 5.74) is 2.34.